The minimum absolute atomic E-state index is 0.0318. The number of alkyl carbamates (subject to hydrolysis) is 1. The number of rotatable bonds is 8. The Hall–Kier alpha value is -2.70. The number of ether oxygens (including phenoxy) is 2. The highest BCUT2D eigenvalue weighted by atomic mass is 16.5. The number of H-pyrrole nitrogens is 1. The van der Waals surface area contributed by atoms with Crippen LogP contribution in [0.2, 0.25) is 0 Å². The maximum atomic E-state index is 11.2. The van der Waals surface area contributed by atoms with Crippen LogP contribution in [0.15, 0.2) is 18.2 Å². The van der Waals surface area contributed by atoms with Gasteiger partial charge in [0.15, 0.2) is 0 Å². The van der Waals surface area contributed by atoms with Crippen molar-refractivity contribution in [1.82, 2.24) is 15.6 Å². The molecule has 1 heterocycles. The van der Waals surface area contributed by atoms with Crippen LogP contribution in [0.3, 0.4) is 0 Å². The van der Waals surface area contributed by atoms with Gasteiger partial charge in [0.25, 0.3) is 0 Å². The fraction of sp³-hybridized carbons (Fsp3) is 0.444. The number of hydrogen-bond acceptors (Lipinski definition) is 4. The lowest BCUT2D eigenvalue weighted by Gasteiger charge is -2.08. The zero-order chi connectivity index (χ0) is 18.2. The Labute approximate surface area is 147 Å². The van der Waals surface area contributed by atoms with Gasteiger partial charge in [-0.05, 0) is 44.0 Å². The van der Waals surface area contributed by atoms with Crippen molar-refractivity contribution in [2.45, 2.75) is 27.2 Å². The van der Waals surface area contributed by atoms with E-state index in [-0.39, 0.29) is 5.91 Å². The van der Waals surface area contributed by atoms with E-state index in [2.05, 4.69) is 15.6 Å². The molecule has 136 valence electrons. The standard InChI is InChI=1S/C18H25N3O4/c1-4-24-18(23)20-9-10-25-14-5-6-17-16(11-14)15(12(2)21-17)7-8-19-13(3)22/h5-6,11,21H,4,7-10H2,1-3H3,(H,19,22)(H,20,23). The van der Waals surface area contributed by atoms with E-state index in [0.717, 1.165) is 28.8 Å². The van der Waals surface area contributed by atoms with Crippen LogP contribution in [0.4, 0.5) is 4.79 Å². The second-order valence-electron chi connectivity index (χ2n) is 5.66. The van der Waals surface area contributed by atoms with Gasteiger partial charge >= 0.3 is 6.09 Å². The molecule has 0 spiro atoms. The van der Waals surface area contributed by atoms with Crippen LogP contribution in [0.1, 0.15) is 25.1 Å². The summed E-state index contributed by atoms with van der Waals surface area (Å²) in [5, 5.41) is 6.51. The average molecular weight is 347 g/mol. The van der Waals surface area contributed by atoms with Gasteiger partial charge in [-0.25, -0.2) is 4.79 Å². The normalized spacial score (nSPS) is 10.5. The zero-order valence-electron chi connectivity index (χ0n) is 14.9. The van der Waals surface area contributed by atoms with Crippen LogP contribution >= 0.6 is 0 Å². The van der Waals surface area contributed by atoms with Gasteiger partial charge in [0, 0.05) is 30.1 Å². The number of aromatic nitrogens is 1. The molecule has 1 aromatic carbocycles. The molecule has 1 aromatic heterocycles. The fourth-order valence-corrected chi connectivity index (χ4v) is 2.64. The number of benzene rings is 1. The van der Waals surface area contributed by atoms with Crippen LogP contribution in [0.5, 0.6) is 5.75 Å². The van der Waals surface area contributed by atoms with E-state index in [4.69, 9.17) is 9.47 Å². The summed E-state index contributed by atoms with van der Waals surface area (Å²) < 4.78 is 10.5. The molecule has 25 heavy (non-hydrogen) atoms. The Kier molecular flexibility index (Phi) is 6.68. The Morgan fingerprint density at radius 1 is 1.20 bits per heavy atom. The number of carbonyl (C=O) groups excluding carboxylic acids is 2. The van der Waals surface area contributed by atoms with Gasteiger partial charge in [-0.3, -0.25) is 4.79 Å². The van der Waals surface area contributed by atoms with Crippen molar-refractivity contribution in [3.8, 4) is 5.75 Å². The number of amides is 2. The Morgan fingerprint density at radius 2 is 2.00 bits per heavy atom. The number of aromatic amines is 1. The molecule has 2 rings (SSSR count). The molecule has 0 fully saturated rings. The number of fused-ring (bicyclic) bond motifs is 1. The summed E-state index contributed by atoms with van der Waals surface area (Å²) >= 11 is 0. The highest BCUT2D eigenvalue weighted by Crippen LogP contribution is 2.26. The topological polar surface area (TPSA) is 92.4 Å². The largest absolute Gasteiger partial charge is 0.492 e. The van der Waals surface area contributed by atoms with E-state index in [9.17, 15) is 9.59 Å². The molecule has 3 N–H and O–H groups in total. The monoisotopic (exact) mass is 347 g/mol. The Morgan fingerprint density at radius 3 is 2.72 bits per heavy atom. The lowest BCUT2D eigenvalue weighted by Crippen LogP contribution is -2.28. The Bertz CT molecular complexity index is 739. The third-order valence-corrected chi connectivity index (χ3v) is 3.76. The van der Waals surface area contributed by atoms with Gasteiger partial charge in [0.05, 0.1) is 13.2 Å². The van der Waals surface area contributed by atoms with Crippen LogP contribution in [-0.4, -0.2) is 43.3 Å². The highest BCUT2D eigenvalue weighted by Gasteiger charge is 2.10. The molecule has 0 aliphatic carbocycles. The van der Waals surface area contributed by atoms with E-state index in [1.54, 1.807) is 6.92 Å². The van der Waals surface area contributed by atoms with Gasteiger partial charge in [-0.2, -0.15) is 0 Å². The molecule has 7 nitrogen and oxygen atoms in total. The minimum Gasteiger partial charge on any atom is -0.492 e. The SMILES string of the molecule is CCOC(=O)NCCOc1ccc2[nH]c(C)c(CCNC(C)=O)c2c1. The average Bonchev–Trinajstić information content (AvgIpc) is 2.87. The highest BCUT2D eigenvalue weighted by molar-refractivity contribution is 5.86. The molecule has 0 aliphatic heterocycles. The van der Waals surface area contributed by atoms with Crippen molar-refractivity contribution in [1.29, 1.82) is 0 Å². The van der Waals surface area contributed by atoms with Gasteiger partial charge in [-0.1, -0.05) is 0 Å². The van der Waals surface area contributed by atoms with Crippen LogP contribution in [-0.2, 0) is 16.0 Å². The van der Waals surface area contributed by atoms with Crippen molar-refractivity contribution in [3.63, 3.8) is 0 Å². The first-order chi connectivity index (χ1) is 12.0. The summed E-state index contributed by atoms with van der Waals surface area (Å²) in [5.74, 6) is 0.702. The fourth-order valence-electron chi connectivity index (χ4n) is 2.64. The lowest BCUT2D eigenvalue weighted by molar-refractivity contribution is -0.118. The molecule has 2 aromatic rings. The van der Waals surface area contributed by atoms with E-state index in [1.807, 2.05) is 25.1 Å². The van der Waals surface area contributed by atoms with Crippen LogP contribution in [0.25, 0.3) is 10.9 Å². The van der Waals surface area contributed by atoms with Crippen molar-refractivity contribution in [2.75, 3.05) is 26.3 Å². The molecule has 2 amide bonds. The van der Waals surface area contributed by atoms with Crippen LogP contribution in [0, 0.1) is 6.92 Å². The van der Waals surface area contributed by atoms with Crippen molar-refractivity contribution in [2.24, 2.45) is 0 Å². The molecule has 0 saturated heterocycles. The predicted octanol–water partition coefficient (Wildman–Crippen LogP) is 2.28. The Balaban J connectivity index is 1.97. The summed E-state index contributed by atoms with van der Waals surface area (Å²) in [6.07, 6.45) is 0.308. The van der Waals surface area contributed by atoms with Crippen molar-refractivity contribution >= 4 is 22.9 Å². The molecule has 0 radical (unpaired) electrons. The first-order valence-corrected chi connectivity index (χ1v) is 8.40. The molecule has 0 aliphatic rings. The molecule has 0 saturated carbocycles. The van der Waals surface area contributed by atoms with Gasteiger partial charge in [0.2, 0.25) is 5.91 Å². The van der Waals surface area contributed by atoms with Gasteiger partial charge < -0.3 is 25.1 Å². The number of carbonyl (C=O) groups is 2. The van der Waals surface area contributed by atoms with E-state index in [1.165, 1.54) is 12.5 Å². The van der Waals surface area contributed by atoms with E-state index in [0.29, 0.717) is 26.3 Å². The number of hydrogen-bond donors (Lipinski definition) is 3. The predicted molar refractivity (Wildman–Crippen MR) is 95.9 cm³/mol. The minimum atomic E-state index is -0.442. The first-order valence-electron chi connectivity index (χ1n) is 8.40. The number of nitrogens with one attached hydrogen (secondary N) is 3. The maximum Gasteiger partial charge on any atom is 0.407 e. The third kappa shape index (κ3) is 5.41. The summed E-state index contributed by atoms with van der Waals surface area (Å²) in [6, 6.07) is 5.84. The maximum absolute atomic E-state index is 11.2. The molecule has 0 atom stereocenters. The molecular formula is C18H25N3O4. The van der Waals surface area contributed by atoms with Gasteiger partial charge in [0.1, 0.15) is 12.4 Å². The van der Waals surface area contributed by atoms with Crippen molar-refractivity contribution in [3.05, 3.63) is 29.5 Å². The molecule has 0 bridgehead atoms. The lowest BCUT2D eigenvalue weighted by atomic mass is 10.1. The van der Waals surface area contributed by atoms with Gasteiger partial charge in [-0.15, -0.1) is 0 Å². The summed E-state index contributed by atoms with van der Waals surface area (Å²) in [5.41, 5.74) is 3.28. The van der Waals surface area contributed by atoms with E-state index < -0.39 is 6.09 Å². The number of aryl methyl sites for hydroxylation is 1. The smallest absolute Gasteiger partial charge is 0.407 e. The first kappa shape index (κ1) is 18.6. The van der Waals surface area contributed by atoms with Crippen LogP contribution < -0.4 is 15.4 Å². The van der Waals surface area contributed by atoms with E-state index >= 15 is 0 Å². The molecule has 7 heteroatoms. The summed E-state index contributed by atoms with van der Waals surface area (Å²) in [6.45, 7) is 6.96. The second kappa shape index (κ2) is 8.96. The zero-order valence-corrected chi connectivity index (χ0v) is 14.9. The molecular weight excluding hydrogens is 322 g/mol. The summed E-state index contributed by atoms with van der Waals surface area (Å²) in [4.78, 5) is 25.6. The second-order valence-corrected chi connectivity index (χ2v) is 5.66. The quantitative estimate of drug-likeness (QED) is 0.639. The molecule has 0 unspecified atom stereocenters. The third-order valence-electron chi connectivity index (χ3n) is 3.76. The summed E-state index contributed by atoms with van der Waals surface area (Å²) in [7, 11) is 0. The van der Waals surface area contributed by atoms with Crippen molar-refractivity contribution < 1.29 is 19.1 Å².